The summed E-state index contributed by atoms with van der Waals surface area (Å²) in [6.07, 6.45) is -0.778. The lowest BCUT2D eigenvalue weighted by atomic mass is 9.90. The molecule has 174 valence electrons. The molecule has 2 aromatic carbocycles. The fraction of sp³-hybridized carbons (Fsp3) is 0.304. The summed E-state index contributed by atoms with van der Waals surface area (Å²) in [7, 11) is 0. The van der Waals surface area contributed by atoms with Gasteiger partial charge in [-0.25, -0.2) is 4.79 Å². The Morgan fingerprint density at radius 1 is 1.09 bits per heavy atom. The van der Waals surface area contributed by atoms with Gasteiger partial charge in [-0.3, -0.25) is 9.59 Å². The molecule has 3 rings (SSSR count). The van der Waals surface area contributed by atoms with Crippen LogP contribution in [0.25, 0.3) is 0 Å². The first-order valence-electron chi connectivity index (χ1n) is 10.4. The standard InChI is InChI=1S/C23H25ClN4O5/c24-19-12-17(33-28-19)13-26-22(30)20(18(21(25)29)11-15-7-3-1-4-8-15)27-23(31)32-14-16-9-5-2-6-10-16/h1-10,17-18,20H,11-14H2,(H2,25,29)(H,26,30)(H,27,31)/t17?,18?,20-/m0/s1. The summed E-state index contributed by atoms with van der Waals surface area (Å²) in [6, 6.07) is 16.9. The lowest BCUT2D eigenvalue weighted by Gasteiger charge is -2.25. The van der Waals surface area contributed by atoms with E-state index in [0.717, 1.165) is 11.1 Å². The van der Waals surface area contributed by atoms with Gasteiger partial charge in [-0.05, 0) is 17.5 Å². The number of benzene rings is 2. The zero-order chi connectivity index (χ0) is 23.6. The Bertz CT molecular complexity index is 987. The van der Waals surface area contributed by atoms with Crippen molar-refractivity contribution in [2.75, 3.05) is 6.54 Å². The van der Waals surface area contributed by atoms with Crippen LogP contribution in [0, 0.1) is 5.92 Å². The normalized spacial score (nSPS) is 16.6. The number of primary amides is 1. The lowest BCUT2D eigenvalue weighted by molar-refractivity contribution is -0.131. The monoisotopic (exact) mass is 472 g/mol. The van der Waals surface area contributed by atoms with Gasteiger partial charge < -0.3 is 25.9 Å². The molecule has 0 saturated carbocycles. The molecule has 0 saturated heterocycles. The molecule has 2 unspecified atom stereocenters. The van der Waals surface area contributed by atoms with E-state index in [1.165, 1.54) is 0 Å². The van der Waals surface area contributed by atoms with Crippen LogP contribution in [0.15, 0.2) is 65.8 Å². The van der Waals surface area contributed by atoms with Crippen LogP contribution in [0.4, 0.5) is 4.79 Å². The van der Waals surface area contributed by atoms with E-state index >= 15 is 0 Å². The largest absolute Gasteiger partial charge is 0.445 e. The molecule has 0 fully saturated rings. The molecule has 0 aromatic heterocycles. The number of ether oxygens (including phenoxy) is 1. The van der Waals surface area contributed by atoms with Gasteiger partial charge in [0.05, 0.1) is 12.5 Å². The van der Waals surface area contributed by atoms with Crippen molar-refractivity contribution in [2.24, 2.45) is 16.8 Å². The molecule has 0 radical (unpaired) electrons. The smallest absolute Gasteiger partial charge is 0.408 e. The second-order valence-electron chi connectivity index (χ2n) is 7.53. The van der Waals surface area contributed by atoms with Crippen LogP contribution in [-0.4, -0.2) is 41.8 Å². The molecule has 33 heavy (non-hydrogen) atoms. The molecule has 4 N–H and O–H groups in total. The SMILES string of the molecule is NC(=O)C(Cc1ccccc1)[C@H](NC(=O)OCc1ccccc1)C(=O)NCC1CC(Cl)=NO1. The van der Waals surface area contributed by atoms with Crippen LogP contribution in [0.1, 0.15) is 17.5 Å². The highest BCUT2D eigenvalue weighted by Crippen LogP contribution is 2.15. The lowest BCUT2D eigenvalue weighted by Crippen LogP contribution is -2.55. The highest BCUT2D eigenvalue weighted by molar-refractivity contribution is 6.65. The summed E-state index contributed by atoms with van der Waals surface area (Å²) in [5, 5.41) is 9.10. The van der Waals surface area contributed by atoms with Gasteiger partial charge >= 0.3 is 6.09 Å². The third kappa shape index (κ3) is 7.50. The zero-order valence-corrected chi connectivity index (χ0v) is 18.5. The second kappa shape index (κ2) is 11.9. The maximum absolute atomic E-state index is 13.0. The first-order valence-corrected chi connectivity index (χ1v) is 10.8. The number of oxime groups is 1. The molecular formula is C23H25ClN4O5. The number of hydrogen-bond acceptors (Lipinski definition) is 6. The van der Waals surface area contributed by atoms with Gasteiger partial charge in [0.15, 0.2) is 6.10 Å². The number of nitrogens with two attached hydrogens (primary N) is 1. The quantitative estimate of drug-likeness (QED) is 0.487. The van der Waals surface area contributed by atoms with E-state index in [-0.39, 0.29) is 19.6 Å². The average molecular weight is 473 g/mol. The van der Waals surface area contributed by atoms with E-state index in [1.54, 1.807) is 12.1 Å². The van der Waals surface area contributed by atoms with Crippen molar-refractivity contribution in [3.8, 4) is 0 Å². The fourth-order valence-electron chi connectivity index (χ4n) is 3.32. The number of halogens is 1. The van der Waals surface area contributed by atoms with Crippen LogP contribution >= 0.6 is 11.6 Å². The highest BCUT2D eigenvalue weighted by atomic mass is 35.5. The summed E-state index contributed by atoms with van der Waals surface area (Å²) in [6.45, 7) is 0.0965. The van der Waals surface area contributed by atoms with Crippen molar-refractivity contribution in [2.45, 2.75) is 31.6 Å². The number of carbonyl (C=O) groups is 3. The van der Waals surface area contributed by atoms with E-state index in [0.29, 0.717) is 11.6 Å². The first kappa shape index (κ1) is 24.1. The number of nitrogens with one attached hydrogen (secondary N) is 2. The van der Waals surface area contributed by atoms with Crippen LogP contribution in [0.5, 0.6) is 0 Å². The van der Waals surface area contributed by atoms with E-state index in [9.17, 15) is 14.4 Å². The Hall–Kier alpha value is -3.59. The second-order valence-corrected chi connectivity index (χ2v) is 7.96. The molecule has 2 aromatic rings. The van der Waals surface area contributed by atoms with Gasteiger partial charge in [0.25, 0.3) is 0 Å². The third-order valence-corrected chi connectivity index (χ3v) is 5.26. The molecule has 0 spiro atoms. The van der Waals surface area contributed by atoms with E-state index in [2.05, 4.69) is 15.8 Å². The number of amides is 3. The van der Waals surface area contributed by atoms with Gasteiger partial charge in [-0.2, -0.15) is 0 Å². The summed E-state index contributed by atoms with van der Waals surface area (Å²) in [4.78, 5) is 42.9. The molecule has 1 aliphatic rings. The third-order valence-electron chi connectivity index (χ3n) is 5.04. The average Bonchev–Trinajstić information content (AvgIpc) is 3.24. The van der Waals surface area contributed by atoms with Crippen molar-refractivity contribution in [3.63, 3.8) is 0 Å². The summed E-state index contributed by atoms with van der Waals surface area (Å²) in [5.41, 5.74) is 7.20. The Kier molecular flexibility index (Phi) is 8.65. The van der Waals surface area contributed by atoms with Gasteiger partial charge in [-0.15, -0.1) is 0 Å². The zero-order valence-electron chi connectivity index (χ0n) is 17.8. The van der Waals surface area contributed by atoms with Crippen molar-refractivity contribution in [3.05, 3.63) is 71.8 Å². The highest BCUT2D eigenvalue weighted by Gasteiger charge is 2.35. The van der Waals surface area contributed by atoms with E-state index < -0.39 is 36.0 Å². The number of alkyl carbamates (subject to hydrolysis) is 1. The number of nitrogens with zero attached hydrogens (tertiary/aromatic N) is 1. The molecule has 0 bridgehead atoms. The molecule has 1 heterocycles. The fourth-order valence-corrected chi connectivity index (χ4v) is 3.53. The first-order chi connectivity index (χ1) is 15.9. The van der Waals surface area contributed by atoms with Crippen LogP contribution in [0.3, 0.4) is 0 Å². The maximum Gasteiger partial charge on any atom is 0.408 e. The minimum Gasteiger partial charge on any atom is -0.445 e. The Morgan fingerprint density at radius 2 is 1.73 bits per heavy atom. The van der Waals surface area contributed by atoms with Gasteiger partial charge in [0.2, 0.25) is 11.8 Å². The minimum atomic E-state index is -1.26. The number of rotatable bonds is 10. The Balaban J connectivity index is 1.69. The molecule has 9 nitrogen and oxygen atoms in total. The van der Waals surface area contributed by atoms with Crippen LogP contribution < -0.4 is 16.4 Å². The number of carbonyl (C=O) groups excluding carboxylic acids is 3. The van der Waals surface area contributed by atoms with Crippen LogP contribution in [-0.2, 0) is 32.2 Å². The van der Waals surface area contributed by atoms with Crippen molar-refractivity contribution in [1.29, 1.82) is 0 Å². The molecule has 10 heteroatoms. The predicted molar refractivity (Wildman–Crippen MR) is 122 cm³/mol. The summed E-state index contributed by atoms with van der Waals surface area (Å²) >= 11 is 5.80. The van der Waals surface area contributed by atoms with Gasteiger partial charge in [-0.1, -0.05) is 77.4 Å². The van der Waals surface area contributed by atoms with Gasteiger partial charge in [0, 0.05) is 6.42 Å². The van der Waals surface area contributed by atoms with Crippen molar-refractivity contribution >= 4 is 34.7 Å². The molecule has 3 amide bonds. The topological polar surface area (TPSA) is 132 Å². The maximum atomic E-state index is 13.0. The van der Waals surface area contributed by atoms with Gasteiger partial charge in [0.1, 0.15) is 17.8 Å². The molecule has 1 aliphatic heterocycles. The molecule has 0 aliphatic carbocycles. The number of hydrogen-bond donors (Lipinski definition) is 3. The predicted octanol–water partition coefficient (Wildman–Crippen LogP) is 2.08. The Morgan fingerprint density at radius 3 is 2.30 bits per heavy atom. The Labute approximate surface area is 196 Å². The van der Waals surface area contributed by atoms with Crippen molar-refractivity contribution < 1.29 is 24.0 Å². The summed E-state index contributed by atoms with van der Waals surface area (Å²) < 4.78 is 5.24. The van der Waals surface area contributed by atoms with E-state index in [1.807, 2.05) is 48.5 Å². The van der Waals surface area contributed by atoms with Crippen LogP contribution in [0.2, 0.25) is 0 Å². The molecule has 3 atom stereocenters. The molecular weight excluding hydrogens is 448 g/mol. The minimum absolute atomic E-state index is 0.00663. The van der Waals surface area contributed by atoms with E-state index in [4.69, 9.17) is 26.9 Å². The van der Waals surface area contributed by atoms with Crippen molar-refractivity contribution in [1.82, 2.24) is 10.6 Å². The summed E-state index contributed by atoms with van der Waals surface area (Å²) in [5.74, 6) is -2.34.